The molecule has 2 atom stereocenters. The molecule has 3 N–H and O–H groups in total. The average molecular weight is 387 g/mol. The minimum absolute atomic E-state index is 0.144. The Hall–Kier alpha value is 0.860. The Bertz CT molecular complexity index is 309. The van der Waals surface area contributed by atoms with Crippen molar-refractivity contribution in [2.45, 2.75) is 19.4 Å². The van der Waals surface area contributed by atoms with Gasteiger partial charge in [0.1, 0.15) is 0 Å². The predicted octanol–water partition coefficient (Wildman–Crippen LogP) is 1.61. The maximum absolute atomic E-state index is 12.0. The fraction of sp³-hybridized carbons (Fsp3) is 1.00. The van der Waals surface area contributed by atoms with Crippen LogP contribution in [0.5, 0.6) is 0 Å². The largest absolute Gasteiger partial charge is 0.420 e. The van der Waals surface area contributed by atoms with E-state index >= 15 is 0 Å². The molecule has 0 radical (unpaired) electrons. The maximum Gasteiger partial charge on any atom is 0.420 e. The summed E-state index contributed by atoms with van der Waals surface area (Å²) >= 11 is 17.1. The van der Waals surface area contributed by atoms with Crippen LogP contribution in [0.3, 0.4) is 0 Å². The van der Waals surface area contributed by atoms with E-state index in [1.807, 2.05) is 0 Å². The summed E-state index contributed by atoms with van der Waals surface area (Å²) in [5, 5.41) is 14.3. The average Bonchev–Trinajstić information content (AvgIpc) is 2.37. The first-order valence-corrected chi connectivity index (χ1v) is 9.70. The summed E-state index contributed by atoms with van der Waals surface area (Å²) in [6.45, 7) is 2.74. The van der Waals surface area contributed by atoms with Crippen LogP contribution in [-0.4, -0.2) is 70.1 Å². The van der Waals surface area contributed by atoms with Gasteiger partial charge in [0.25, 0.3) is 0 Å². The third-order valence-corrected chi connectivity index (χ3v) is 3.90. The summed E-state index contributed by atoms with van der Waals surface area (Å²) in [6.07, 6.45) is -0.239. The molecule has 0 saturated carbocycles. The molecule has 0 saturated heterocycles. The van der Waals surface area contributed by atoms with Crippen LogP contribution in [0.25, 0.3) is 0 Å². The summed E-state index contributed by atoms with van der Waals surface area (Å²) in [5.74, 6) is 0.823. The zero-order chi connectivity index (χ0) is 16.3. The second-order valence-electron chi connectivity index (χ2n) is 4.24. The monoisotopic (exact) mass is 385 g/mol. The van der Waals surface area contributed by atoms with Gasteiger partial charge >= 0.3 is 7.75 Å². The molecule has 128 valence electrons. The smallest absolute Gasteiger partial charge is 0.393 e. The first kappa shape index (κ1) is 21.9. The third-order valence-electron chi connectivity index (χ3n) is 2.36. The Balaban J connectivity index is 4.59. The summed E-state index contributed by atoms with van der Waals surface area (Å²) in [6, 6.07) is 0. The standard InChI is InChI=1S/C10H23Cl3N3O4P/c1-10(17)2-6-14-21(18,19)20-16(9-5-13)15(7-3-11)8-4-12/h10,17H,2-9H2,1H3,(H2,14,18,19). The Kier molecular flexibility index (Phi) is 12.8. The first-order valence-electron chi connectivity index (χ1n) is 6.52. The minimum atomic E-state index is -4.06. The minimum Gasteiger partial charge on any atom is -0.393 e. The topological polar surface area (TPSA) is 85.3 Å². The molecule has 0 aromatic carbocycles. The molecule has 0 spiro atoms. The highest BCUT2D eigenvalue weighted by Gasteiger charge is 2.27. The number of aliphatic hydroxyl groups excluding tert-OH is 1. The zero-order valence-corrected chi connectivity index (χ0v) is 15.1. The molecular weight excluding hydrogens is 363 g/mol. The lowest BCUT2D eigenvalue weighted by Gasteiger charge is -2.33. The van der Waals surface area contributed by atoms with E-state index in [0.29, 0.717) is 31.3 Å². The molecule has 11 heteroatoms. The Labute approximate surface area is 140 Å². The zero-order valence-electron chi connectivity index (χ0n) is 11.9. The van der Waals surface area contributed by atoms with Crippen molar-refractivity contribution in [2.24, 2.45) is 0 Å². The van der Waals surface area contributed by atoms with Crippen molar-refractivity contribution in [1.29, 1.82) is 0 Å². The molecule has 0 aromatic heterocycles. The lowest BCUT2D eigenvalue weighted by atomic mass is 10.3. The molecule has 0 aliphatic rings. The predicted molar refractivity (Wildman–Crippen MR) is 85.6 cm³/mol. The van der Waals surface area contributed by atoms with Gasteiger partial charge in [0.2, 0.25) is 0 Å². The molecule has 2 unspecified atom stereocenters. The van der Waals surface area contributed by atoms with Crippen molar-refractivity contribution in [3.8, 4) is 0 Å². The van der Waals surface area contributed by atoms with Gasteiger partial charge in [-0.2, -0.15) is 4.62 Å². The van der Waals surface area contributed by atoms with Gasteiger partial charge in [0.05, 0.1) is 12.6 Å². The number of alkyl halides is 3. The maximum atomic E-state index is 12.0. The van der Waals surface area contributed by atoms with Crippen LogP contribution in [0.4, 0.5) is 0 Å². The highest BCUT2D eigenvalue weighted by molar-refractivity contribution is 7.50. The van der Waals surface area contributed by atoms with E-state index in [1.54, 1.807) is 11.9 Å². The lowest BCUT2D eigenvalue weighted by Crippen LogP contribution is -2.46. The summed E-state index contributed by atoms with van der Waals surface area (Å²) < 4.78 is 17.1. The van der Waals surface area contributed by atoms with E-state index in [1.165, 1.54) is 5.17 Å². The van der Waals surface area contributed by atoms with E-state index in [9.17, 15) is 9.46 Å². The quantitative estimate of drug-likeness (QED) is 0.252. The van der Waals surface area contributed by atoms with Crippen LogP contribution in [0, 0.1) is 0 Å². The summed E-state index contributed by atoms with van der Waals surface area (Å²) in [7, 11) is -4.06. The van der Waals surface area contributed by atoms with Crippen molar-refractivity contribution < 1.29 is 19.2 Å². The van der Waals surface area contributed by atoms with Crippen LogP contribution in [0.15, 0.2) is 0 Å². The van der Waals surface area contributed by atoms with Crippen molar-refractivity contribution >= 4 is 42.5 Å². The fourth-order valence-electron chi connectivity index (χ4n) is 1.41. The molecule has 0 amide bonds. The van der Waals surface area contributed by atoms with Crippen LogP contribution in [0.1, 0.15) is 13.3 Å². The highest BCUT2D eigenvalue weighted by Crippen LogP contribution is 2.38. The van der Waals surface area contributed by atoms with Gasteiger partial charge in [-0.25, -0.2) is 14.7 Å². The molecule has 7 nitrogen and oxygen atoms in total. The molecule has 0 rings (SSSR count). The number of nitrogens with one attached hydrogen (secondary N) is 1. The molecular formula is C10H23Cl3N3O4P. The number of rotatable bonds is 13. The van der Waals surface area contributed by atoms with Gasteiger partial charge in [-0.05, 0) is 13.3 Å². The highest BCUT2D eigenvalue weighted by atomic mass is 35.5. The number of hydroxylamine groups is 1. The number of aliphatic hydroxyl groups is 1. The summed E-state index contributed by atoms with van der Waals surface area (Å²) in [5.41, 5.74) is 0. The van der Waals surface area contributed by atoms with Crippen molar-refractivity contribution in [3.05, 3.63) is 0 Å². The van der Waals surface area contributed by atoms with Gasteiger partial charge < -0.3 is 10.00 Å². The molecule has 0 fully saturated rings. The van der Waals surface area contributed by atoms with Crippen molar-refractivity contribution in [3.63, 3.8) is 0 Å². The molecule has 0 aliphatic heterocycles. The first-order chi connectivity index (χ1) is 9.86. The Morgan fingerprint density at radius 1 is 1.19 bits per heavy atom. The lowest BCUT2D eigenvalue weighted by molar-refractivity contribution is -0.218. The van der Waals surface area contributed by atoms with E-state index in [0.717, 1.165) is 0 Å². The van der Waals surface area contributed by atoms with Gasteiger partial charge in [-0.15, -0.1) is 40.0 Å². The number of nitrogens with zero attached hydrogens (tertiary/aromatic N) is 2. The number of hydrazine groups is 1. The number of halogens is 3. The van der Waals surface area contributed by atoms with Crippen LogP contribution < -0.4 is 5.09 Å². The third kappa shape index (κ3) is 11.1. The van der Waals surface area contributed by atoms with Crippen molar-refractivity contribution in [2.75, 3.05) is 43.8 Å². The second-order valence-corrected chi connectivity index (χ2v) is 6.90. The number of hydrogen-bond acceptors (Lipinski definition) is 5. The normalized spacial score (nSPS) is 16.4. The molecule has 0 aromatic rings. The molecule has 21 heavy (non-hydrogen) atoms. The van der Waals surface area contributed by atoms with E-state index in [2.05, 4.69) is 5.09 Å². The fourth-order valence-corrected chi connectivity index (χ4v) is 2.85. The van der Waals surface area contributed by atoms with Gasteiger partial charge in [-0.1, -0.05) is 0 Å². The molecule has 0 aliphatic carbocycles. The van der Waals surface area contributed by atoms with Crippen molar-refractivity contribution in [1.82, 2.24) is 15.3 Å². The summed E-state index contributed by atoms with van der Waals surface area (Å²) in [4.78, 5) is 9.77. The SMILES string of the molecule is CC(O)CCNP(=O)(O)ON(CCCl)N(CCCl)CCCl. The van der Waals surface area contributed by atoms with E-state index < -0.39 is 13.9 Å². The Morgan fingerprint density at radius 3 is 2.14 bits per heavy atom. The Morgan fingerprint density at radius 2 is 1.71 bits per heavy atom. The van der Waals surface area contributed by atoms with Gasteiger partial charge in [-0.3, -0.25) is 0 Å². The number of hydrogen-bond donors (Lipinski definition) is 3. The molecule has 0 heterocycles. The van der Waals surface area contributed by atoms with E-state index in [4.69, 9.17) is 44.5 Å². The van der Waals surface area contributed by atoms with Crippen LogP contribution >= 0.6 is 42.5 Å². The van der Waals surface area contributed by atoms with Crippen LogP contribution in [-0.2, 0) is 9.19 Å². The van der Waals surface area contributed by atoms with E-state index in [-0.39, 0.29) is 19.0 Å². The van der Waals surface area contributed by atoms with Crippen LogP contribution in [0.2, 0.25) is 0 Å². The molecule has 0 bridgehead atoms. The van der Waals surface area contributed by atoms with Gasteiger partial charge in [0, 0.05) is 37.3 Å². The second kappa shape index (κ2) is 12.3. The van der Waals surface area contributed by atoms with Gasteiger partial charge in [0.15, 0.2) is 0 Å².